The van der Waals surface area contributed by atoms with Crippen LogP contribution in [0, 0.1) is 0 Å². The first-order chi connectivity index (χ1) is 16.8. The second kappa shape index (κ2) is 8.45. The molecule has 0 saturated carbocycles. The van der Waals surface area contributed by atoms with Crippen LogP contribution in [0.2, 0.25) is 0 Å². The molecule has 162 valence electrons. The molecule has 0 aliphatic rings. The monoisotopic (exact) mass is 454 g/mol. The van der Waals surface area contributed by atoms with Crippen molar-refractivity contribution in [2.24, 2.45) is 0 Å². The number of hydrogen-bond acceptors (Lipinski definition) is 1. The first kappa shape index (κ1) is 20.7. The second-order valence-electron chi connectivity index (χ2n) is 8.46. The van der Waals surface area contributed by atoms with Crippen LogP contribution in [-0.2, 0) is 4.57 Å². The van der Waals surface area contributed by atoms with E-state index < -0.39 is 7.14 Å². The van der Waals surface area contributed by atoms with Gasteiger partial charge >= 0.3 is 0 Å². The van der Waals surface area contributed by atoms with Gasteiger partial charge in [0.1, 0.15) is 0 Å². The third-order valence-electron chi connectivity index (χ3n) is 6.52. The Morgan fingerprint density at radius 3 is 1.18 bits per heavy atom. The van der Waals surface area contributed by atoms with E-state index in [1.165, 1.54) is 5.56 Å². The molecule has 0 atom stereocenters. The van der Waals surface area contributed by atoms with E-state index in [2.05, 4.69) is 72.8 Å². The lowest BCUT2D eigenvalue weighted by atomic mass is 9.92. The van der Waals surface area contributed by atoms with Crippen molar-refractivity contribution in [3.05, 3.63) is 140 Å². The Morgan fingerprint density at radius 1 is 0.382 bits per heavy atom. The van der Waals surface area contributed by atoms with Crippen LogP contribution in [0.1, 0.15) is 0 Å². The zero-order valence-corrected chi connectivity index (χ0v) is 19.5. The Hall–Kier alpha value is -3.93. The quantitative estimate of drug-likeness (QED) is 0.202. The molecule has 6 aromatic carbocycles. The summed E-state index contributed by atoms with van der Waals surface area (Å²) in [6, 6.07) is 47.2. The van der Waals surface area contributed by atoms with Crippen molar-refractivity contribution in [3.8, 4) is 11.1 Å². The standard InChI is InChI=1S/C32H23OP/c33-34(25-16-6-2-7-17-25,26-18-8-3-9-19-26)32-29-22-12-10-20-27(29)31(24-14-4-1-5-15-24)28-21-11-13-23-30(28)32/h1-23H. The van der Waals surface area contributed by atoms with E-state index in [0.717, 1.165) is 43.0 Å². The molecule has 0 bridgehead atoms. The third-order valence-corrected chi connectivity index (χ3v) is 9.68. The highest BCUT2D eigenvalue weighted by atomic mass is 31.2. The smallest absolute Gasteiger partial charge is 0.172 e. The summed E-state index contributed by atoms with van der Waals surface area (Å²) in [7, 11) is -3.18. The number of fused-ring (bicyclic) bond motifs is 2. The molecular weight excluding hydrogens is 431 g/mol. The predicted molar refractivity (Wildman–Crippen MR) is 146 cm³/mol. The zero-order chi connectivity index (χ0) is 23.0. The normalized spacial score (nSPS) is 11.6. The molecule has 0 radical (unpaired) electrons. The Morgan fingerprint density at radius 2 is 0.735 bits per heavy atom. The van der Waals surface area contributed by atoms with E-state index in [1.54, 1.807) is 0 Å². The summed E-state index contributed by atoms with van der Waals surface area (Å²) < 4.78 is 15.5. The van der Waals surface area contributed by atoms with Crippen LogP contribution in [0.15, 0.2) is 140 Å². The molecule has 0 unspecified atom stereocenters. The Bertz CT molecular complexity index is 1560. The predicted octanol–water partition coefficient (Wildman–Crippen LogP) is 7.30. The lowest BCUT2D eigenvalue weighted by Crippen LogP contribution is -2.26. The van der Waals surface area contributed by atoms with Gasteiger partial charge in [0.25, 0.3) is 0 Å². The fourth-order valence-electron chi connectivity index (χ4n) is 5.04. The molecule has 0 heterocycles. The molecule has 0 spiro atoms. The van der Waals surface area contributed by atoms with E-state index in [-0.39, 0.29) is 0 Å². The van der Waals surface area contributed by atoms with Crippen LogP contribution in [-0.4, -0.2) is 0 Å². The van der Waals surface area contributed by atoms with E-state index in [1.807, 2.05) is 66.7 Å². The summed E-state index contributed by atoms with van der Waals surface area (Å²) in [5, 5.41) is 6.93. The van der Waals surface area contributed by atoms with Crippen molar-refractivity contribution < 1.29 is 4.57 Å². The van der Waals surface area contributed by atoms with E-state index in [4.69, 9.17) is 0 Å². The maximum atomic E-state index is 15.5. The summed E-state index contributed by atoms with van der Waals surface area (Å²) in [5.74, 6) is 0. The van der Waals surface area contributed by atoms with Crippen molar-refractivity contribution in [3.63, 3.8) is 0 Å². The van der Waals surface area contributed by atoms with Gasteiger partial charge in [-0.25, -0.2) is 0 Å². The van der Waals surface area contributed by atoms with Gasteiger partial charge in [0.05, 0.1) is 0 Å². The van der Waals surface area contributed by atoms with Crippen LogP contribution in [0.5, 0.6) is 0 Å². The van der Waals surface area contributed by atoms with Crippen molar-refractivity contribution in [2.45, 2.75) is 0 Å². The first-order valence-corrected chi connectivity index (χ1v) is 13.2. The van der Waals surface area contributed by atoms with Crippen molar-refractivity contribution >= 4 is 44.6 Å². The zero-order valence-electron chi connectivity index (χ0n) is 18.6. The molecule has 0 aliphatic carbocycles. The molecule has 0 amide bonds. The van der Waals surface area contributed by atoms with Crippen molar-refractivity contribution in [2.75, 3.05) is 0 Å². The van der Waals surface area contributed by atoms with Gasteiger partial charge in [0.15, 0.2) is 7.14 Å². The molecule has 1 nitrogen and oxygen atoms in total. The minimum atomic E-state index is -3.18. The van der Waals surface area contributed by atoms with Gasteiger partial charge in [0.2, 0.25) is 0 Å². The van der Waals surface area contributed by atoms with Crippen molar-refractivity contribution in [1.82, 2.24) is 0 Å². The highest BCUT2D eigenvalue weighted by Crippen LogP contribution is 2.48. The molecule has 0 saturated heterocycles. The summed E-state index contributed by atoms with van der Waals surface area (Å²) in [6.07, 6.45) is 0. The second-order valence-corrected chi connectivity index (χ2v) is 11.2. The molecule has 0 N–H and O–H groups in total. The summed E-state index contributed by atoms with van der Waals surface area (Å²) >= 11 is 0. The topological polar surface area (TPSA) is 17.1 Å². The SMILES string of the molecule is O=P(c1ccccc1)(c1ccccc1)c1c2ccccc2c(-c2ccccc2)c2ccccc12. The fourth-order valence-corrected chi connectivity index (χ4v) is 8.11. The van der Waals surface area contributed by atoms with Gasteiger partial charge in [-0.3, -0.25) is 0 Å². The molecule has 0 fully saturated rings. The van der Waals surface area contributed by atoms with Crippen LogP contribution in [0.4, 0.5) is 0 Å². The van der Waals surface area contributed by atoms with E-state index in [9.17, 15) is 0 Å². The fraction of sp³-hybridized carbons (Fsp3) is 0. The van der Waals surface area contributed by atoms with Gasteiger partial charge in [-0.05, 0) is 32.7 Å². The number of rotatable bonds is 4. The lowest BCUT2D eigenvalue weighted by molar-refractivity contribution is 0.593. The summed E-state index contributed by atoms with van der Waals surface area (Å²) in [6.45, 7) is 0. The van der Waals surface area contributed by atoms with Crippen molar-refractivity contribution in [1.29, 1.82) is 0 Å². The maximum absolute atomic E-state index is 15.5. The molecule has 2 heteroatoms. The Labute approximate surface area is 199 Å². The Balaban J connectivity index is 1.84. The third kappa shape index (κ3) is 3.21. The molecule has 6 aromatic rings. The van der Waals surface area contributed by atoms with E-state index >= 15 is 4.57 Å². The lowest BCUT2D eigenvalue weighted by Gasteiger charge is -2.25. The largest absolute Gasteiger partial charge is 0.309 e. The van der Waals surface area contributed by atoms with Crippen LogP contribution >= 0.6 is 7.14 Å². The van der Waals surface area contributed by atoms with Crippen LogP contribution in [0.3, 0.4) is 0 Å². The van der Waals surface area contributed by atoms with Gasteiger partial charge in [-0.2, -0.15) is 0 Å². The van der Waals surface area contributed by atoms with Gasteiger partial charge in [-0.1, -0.05) is 140 Å². The van der Waals surface area contributed by atoms with Gasteiger partial charge in [-0.15, -0.1) is 0 Å². The minimum absolute atomic E-state index is 0.851. The van der Waals surface area contributed by atoms with Gasteiger partial charge < -0.3 is 4.57 Å². The molecule has 6 rings (SSSR count). The average Bonchev–Trinajstić information content (AvgIpc) is 2.92. The number of benzene rings is 6. The molecule has 34 heavy (non-hydrogen) atoms. The minimum Gasteiger partial charge on any atom is -0.309 e. The summed E-state index contributed by atoms with van der Waals surface area (Å²) in [5.41, 5.74) is 2.35. The first-order valence-electron chi connectivity index (χ1n) is 11.5. The molecular formula is C32H23OP. The van der Waals surface area contributed by atoms with Crippen LogP contribution in [0.25, 0.3) is 32.7 Å². The highest BCUT2D eigenvalue weighted by Gasteiger charge is 2.34. The van der Waals surface area contributed by atoms with E-state index in [0.29, 0.717) is 0 Å². The molecule has 0 aromatic heterocycles. The maximum Gasteiger partial charge on any atom is 0.172 e. The van der Waals surface area contributed by atoms with Gasteiger partial charge in [0, 0.05) is 15.9 Å². The summed E-state index contributed by atoms with van der Waals surface area (Å²) in [4.78, 5) is 0. The molecule has 0 aliphatic heterocycles. The Kier molecular flexibility index (Phi) is 5.13. The number of hydrogen-bond donors (Lipinski definition) is 0. The average molecular weight is 455 g/mol. The highest BCUT2D eigenvalue weighted by molar-refractivity contribution is 7.86. The van der Waals surface area contributed by atoms with Crippen LogP contribution < -0.4 is 15.9 Å².